The van der Waals surface area contributed by atoms with Gasteiger partial charge in [0.05, 0.1) is 22.1 Å². The Hall–Kier alpha value is -13.9. The van der Waals surface area contributed by atoms with Crippen LogP contribution in [-0.4, -0.2) is 24.1 Å². The number of rotatable bonds is 10. The molecule has 0 bridgehead atoms. The van der Waals surface area contributed by atoms with Crippen LogP contribution in [0.2, 0.25) is 0 Å². The SMILES string of the molecule is CC1(C)c2ccccc2-c2ccc(-c3ccc4c(c3)c3cc(-c5ccc6c(c5)C(C)(C)c5ccccc5-6)ccc3n4-c3nc(-c4cccc(-c5cc(-c6ccccc6)cc(-c6ccccc6)c5)c4)nc(-n4c5ccc(-c6ccc7c(c6)C(C)(C)c6ccccc6-7)cc5c5cc(-c6ccc7c(c6)C(C)(C)c6ccccc6-7)ccc54)n3)cc21. The Morgan fingerprint density at radius 3 is 0.724 bits per heavy atom. The third-order valence-electron chi connectivity index (χ3n) is 26.8. The molecule has 0 unspecified atom stereocenters. The molecule has 3 heterocycles. The Labute approximate surface area is 676 Å². The zero-order valence-corrected chi connectivity index (χ0v) is 66.1. The molecule has 3 aromatic heterocycles. The Morgan fingerprint density at radius 1 is 0.172 bits per heavy atom. The lowest BCUT2D eigenvalue weighted by Gasteiger charge is -2.22. The third kappa shape index (κ3) is 10.1. The molecule has 0 spiro atoms. The molecule has 5 nitrogen and oxygen atoms in total. The van der Waals surface area contributed by atoms with E-state index in [1.165, 1.54) is 111 Å². The minimum absolute atomic E-state index is 0.172. The van der Waals surface area contributed by atoms with Gasteiger partial charge in [-0.3, -0.25) is 9.13 Å². The quantitative estimate of drug-likeness (QED) is 0.137. The molecule has 4 aliphatic rings. The second-order valence-electron chi connectivity index (χ2n) is 34.7. The molecule has 116 heavy (non-hydrogen) atoms. The highest BCUT2D eigenvalue weighted by Gasteiger charge is 2.40. The van der Waals surface area contributed by atoms with E-state index in [2.05, 4.69) is 410 Å². The van der Waals surface area contributed by atoms with E-state index in [0.717, 1.165) is 105 Å². The standard InChI is InChI=1S/C111H81N5/c1-108(2)93-34-19-15-30-81(93)85-46-38-73(62-97(85)108)69-42-50-101-89(58-69)90-59-70(74-39-47-86-82-31-16-20-35-94(82)109(3,4)98(86)63-74)43-51-102(90)115(101)106-112-105(77-29-23-28-68(54-77)80-56-78(66-24-11-9-12-25-66)55-79(57-80)67-26-13-10-14-27-67)113-107(114-106)116-103-52-44-71(75-40-48-87-83-32-17-21-36-95(83)110(5,6)99(87)64-75)60-91(103)92-61-72(45-53-104(92)116)76-41-49-88-84-33-18-22-37-96(84)111(7,8)100(88)65-76/h9-65H,1-8H3. The predicted molar refractivity (Wildman–Crippen MR) is 482 cm³/mol. The molecular weight excluding hydrogens is 1400 g/mol. The van der Waals surface area contributed by atoms with Gasteiger partial charge in [0.15, 0.2) is 5.82 Å². The highest BCUT2D eigenvalue weighted by Crippen LogP contribution is 2.55. The van der Waals surface area contributed by atoms with Crippen LogP contribution in [0.15, 0.2) is 346 Å². The van der Waals surface area contributed by atoms with Crippen LogP contribution >= 0.6 is 0 Å². The Kier molecular flexibility index (Phi) is 14.5. The first kappa shape index (κ1) is 67.8. The Morgan fingerprint density at radius 2 is 0.405 bits per heavy atom. The summed E-state index contributed by atoms with van der Waals surface area (Å²) >= 11 is 0. The number of hydrogen-bond donors (Lipinski definition) is 0. The van der Waals surface area contributed by atoms with Gasteiger partial charge in [-0.05, 0) is 264 Å². The van der Waals surface area contributed by atoms with Gasteiger partial charge in [0, 0.05) is 48.8 Å². The highest BCUT2D eigenvalue weighted by atomic mass is 15.3. The van der Waals surface area contributed by atoms with Crippen molar-refractivity contribution in [3.63, 3.8) is 0 Å². The van der Waals surface area contributed by atoms with E-state index in [-0.39, 0.29) is 21.7 Å². The molecular formula is C111H81N5. The van der Waals surface area contributed by atoms with Crippen molar-refractivity contribution in [2.45, 2.75) is 77.0 Å². The van der Waals surface area contributed by atoms with E-state index in [1.54, 1.807) is 0 Å². The van der Waals surface area contributed by atoms with E-state index in [1.807, 2.05) is 0 Å². The molecule has 0 amide bonds. The average Bonchev–Trinajstić information content (AvgIpc) is 1.57. The minimum atomic E-state index is -0.172. The minimum Gasteiger partial charge on any atom is -0.278 e. The summed E-state index contributed by atoms with van der Waals surface area (Å²) in [6, 6.07) is 129. The van der Waals surface area contributed by atoms with Gasteiger partial charge in [-0.25, -0.2) is 0 Å². The third-order valence-corrected chi connectivity index (χ3v) is 26.8. The smallest absolute Gasteiger partial charge is 0.240 e. The summed E-state index contributed by atoms with van der Waals surface area (Å²) in [5.74, 6) is 1.57. The Bertz CT molecular complexity index is 6700. The normalized spacial score (nSPS) is 14.5. The fraction of sp³-hybridized carbons (Fsp3) is 0.108. The summed E-state index contributed by atoms with van der Waals surface area (Å²) in [5, 5.41) is 4.40. The second kappa shape index (κ2) is 24.8. The lowest BCUT2D eigenvalue weighted by atomic mass is 9.81. The maximum Gasteiger partial charge on any atom is 0.240 e. The van der Waals surface area contributed by atoms with Crippen LogP contribution in [0.5, 0.6) is 0 Å². The van der Waals surface area contributed by atoms with Crippen molar-refractivity contribution >= 4 is 43.6 Å². The van der Waals surface area contributed by atoms with Gasteiger partial charge < -0.3 is 0 Å². The van der Waals surface area contributed by atoms with Gasteiger partial charge in [-0.1, -0.05) is 304 Å². The second-order valence-corrected chi connectivity index (χ2v) is 34.7. The zero-order chi connectivity index (χ0) is 77.8. The largest absolute Gasteiger partial charge is 0.278 e. The molecule has 0 fully saturated rings. The molecule has 550 valence electrons. The summed E-state index contributed by atoms with van der Waals surface area (Å²) in [7, 11) is 0. The summed E-state index contributed by atoms with van der Waals surface area (Å²) in [4.78, 5) is 17.6. The van der Waals surface area contributed by atoms with Crippen LogP contribution in [0.4, 0.5) is 0 Å². The first-order valence-electron chi connectivity index (χ1n) is 40.8. The molecule has 19 aromatic rings. The van der Waals surface area contributed by atoms with Crippen LogP contribution in [0.25, 0.3) is 189 Å². The van der Waals surface area contributed by atoms with Gasteiger partial charge in [-0.2, -0.15) is 15.0 Å². The lowest BCUT2D eigenvalue weighted by molar-refractivity contribution is 0.660. The summed E-state index contributed by atoms with van der Waals surface area (Å²) in [6.07, 6.45) is 0. The van der Waals surface area contributed by atoms with Crippen molar-refractivity contribution < 1.29 is 0 Å². The maximum absolute atomic E-state index is 5.94. The van der Waals surface area contributed by atoms with Crippen LogP contribution in [0, 0.1) is 0 Å². The lowest BCUT2D eigenvalue weighted by Crippen LogP contribution is -2.14. The monoisotopic (exact) mass is 1480 g/mol. The summed E-state index contributed by atoms with van der Waals surface area (Å²) in [6.45, 7) is 19.0. The number of hydrogen-bond acceptors (Lipinski definition) is 3. The number of aromatic nitrogens is 5. The number of benzene rings is 16. The van der Waals surface area contributed by atoms with Crippen LogP contribution in [0.3, 0.4) is 0 Å². The summed E-state index contributed by atoms with van der Waals surface area (Å²) in [5.41, 5.74) is 41.4. The van der Waals surface area contributed by atoms with Crippen molar-refractivity contribution in [1.82, 2.24) is 24.1 Å². The van der Waals surface area contributed by atoms with E-state index < -0.39 is 0 Å². The summed E-state index contributed by atoms with van der Waals surface area (Å²) < 4.78 is 4.62. The van der Waals surface area contributed by atoms with Crippen molar-refractivity contribution in [2.75, 3.05) is 0 Å². The van der Waals surface area contributed by atoms with Gasteiger partial charge in [0.2, 0.25) is 11.9 Å². The molecule has 0 N–H and O–H groups in total. The maximum atomic E-state index is 5.94. The Balaban J connectivity index is 0.761. The van der Waals surface area contributed by atoms with Crippen molar-refractivity contribution in [1.29, 1.82) is 0 Å². The molecule has 0 atom stereocenters. The first-order valence-corrected chi connectivity index (χ1v) is 40.8. The van der Waals surface area contributed by atoms with E-state index >= 15 is 0 Å². The van der Waals surface area contributed by atoms with Gasteiger partial charge in [-0.15, -0.1) is 0 Å². The molecule has 5 heteroatoms. The zero-order valence-electron chi connectivity index (χ0n) is 66.1. The number of nitrogens with zero attached hydrogens (tertiary/aromatic N) is 5. The predicted octanol–water partition coefficient (Wildman–Crippen LogP) is 28.6. The fourth-order valence-electron chi connectivity index (χ4n) is 20.6. The molecule has 0 saturated heterocycles. The van der Waals surface area contributed by atoms with E-state index in [4.69, 9.17) is 15.0 Å². The van der Waals surface area contributed by atoms with Crippen molar-refractivity contribution in [2.24, 2.45) is 0 Å². The van der Waals surface area contributed by atoms with Crippen LogP contribution in [0.1, 0.15) is 99.9 Å². The fourth-order valence-corrected chi connectivity index (χ4v) is 20.6. The van der Waals surface area contributed by atoms with Gasteiger partial charge in [0.25, 0.3) is 0 Å². The van der Waals surface area contributed by atoms with Gasteiger partial charge in [0.1, 0.15) is 0 Å². The first-order chi connectivity index (χ1) is 56.5. The molecule has 0 saturated carbocycles. The molecule has 0 aliphatic heterocycles. The van der Waals surface area contributed by atoms with Crippen molar-refractivity contribution in [3.05, 3.63) is 390 Å². The van der Waals surface area contributed by atoms with Gasteiger partial charge >= 0.3 is 0 Å². The van der Waals surface area contributed by atoms with Crippen LogP contribution in [-0.2, 0) is 21.7 Å². The highest BCUT2D eigenvalue weighted by molar-refractivity contribution is 6.13. The topological polar surface area (TPSA) is 48.5 Å². The molecule has 4 aliphatic carbocycles. The van der Waals surface area contributed by atoms with Crippen molar-refractivity contribution in [3.8, 4) is 146 Å². The molecule has 23 rings (SSSR count). The van der Waals surface area contributed by atoms with E-state index in [0.29, 0.717) is 17.7 Å². The van der Waals surface area contributed by atoms with E-state index in [9.17, 15) is 0 Å². The van der Waals surface area contributed by atoms with Crippen LogP contribution < -0.4 is 0 Å². The molecule has 16 aromatic carbocycles. The average molecular weight is 1480 g/mol. The number of fused-ring (bicyclic) bond motifs is 18. The molecule has 0 radical (unpaired) electrons.